The fourth-order valence-corrected chi connectivity index (χ4v) is 1.09. The summed E-state index contributed by atoms with van der Waals surface area (Å²) in [5.41, 5.74) is 0.620. The zero-order valence-corrected chi connectivity index (χ0v) is 8.72. The van der Waals surface area contributed by atoms with E-state index in [1.54, 1.807) is 30.3 Å². The summed E-state index contributed by atoms with van der Waals surface area (Å²) >= 11 is 0. The minimum absolute atomic E-state index is 0.134. The Bertz CT molecular complexity index is 363. The average Bonchev–Trinajstić information content (AvgIpc) is 2.34. The molecule has 0 fully saturated rings. The monoisotopic (exact) mass is 219 g/mol. The summed E-state index contributed by atoms with van der Waals surface area (Å²) in [4.78, 5) is 21.2. The van der Waals surface area contributed by atoms with Gasteiger partial charge in [-0.2, -0.15) is 0 Å². The highest BCUT2D eigenvalue weighted by Crippen LogP contribution is 1.96. The topological polar surface area (TPSA) is 70.6 Å². The first kappa shape index (κ1) is 12.1. The molecule has 1 amide bonds. The van der Waals surface area contributed by atoms with Crippen molar-refractivity contribution in [2.24, 2.45) is 5.18 Å². The number of amides is 1. The molecule has 1 aromatic carbocycles. The second-order valence-corrected chi connectivity index (χ2v) is 2.99. The maximum atomic E-state index is 11.5. The Morgan fingerprint density at radius 2 is 2.06 bits per heavy atom. The first-order valence-corrected chi connectivity index (χ1v) is 4.86. The van der Waals surface area contributed by atoms with Crippen LogP contribution in [0.5, 0.6) is 0 Å². The number of rotatable bonds is 6. The van der Waals surface area contributed by atoms with Gasteiger partial charge in [-0.05, 0) is 23.4 Å². The minimum Gasteiger partial charge on any atom is -0.339 e. The molecule has 0 radical (unpaired) electrons. The smallest absolute Gasteiger partial charge is 0.252 e. The standard InChI is InChI=1S/C11H13N3O2/c15-11(10-5-2-1-3-6-10)13-9-12-7-4-8-14-16/h1-6,8,12H,7,9H2,(H,13,15). The number of carbonyl (C=O) groups is 1. The lowest BCUT2D eigenvalue weighted by molar-refractivity contribution is 0.0951. The predicted octanol–water partition coefficient (Wildman–Crippen LogP) is 1.24. The normalized spacial score (nSPS) is 10.2. The molecule has 0 heterocycles. The number of nitrogens with one attached hydrogen (secondary N) is 2. The fourth-order valence-electron chi connectivity index (χ4n) is 1.09. The van der Waals surface area contributed by atoms with Crippen molar-refractivity contribution >= 4 is 5.91 Å². The molecule has 84 valence electrons. The maximum Gasteiger partial charge on any atom is 0.252 e. The van der Waals surface area contributed by atoms with Crippen molar-refractivity contribution in [3.05, 3.63) is 53.1 Å². The van der Waals surface area contributed by atoms with Crippen molar-refractivity contribution in [3.63, 3.8) is 0 Å². The van der Waals surface area contributed by atoms with Crippen LogP contribution in [0.4, 0.5) is 0 Å². The zero-order chi connectivity index (χ0) is 11.6. The van der Waals surface area contributed by atoms with Crippen LogP contribution < -0.4 is 10.6 Å². The molecule has 5 heteroatoms. The molecule has 0 aliphatic heterocycles. The summed E-state index contributed by atoms with van der Waals surface area (Å²) in [6, 6.07) is 8.95. The highest BCUT2D eigenvalue weighted by Gasteiger charge is 2.01. The summed E-state index contributed by atoms with van der Waals surface area (Å²) in [5.74, 6) is -0.134. The molecule has 2 N–H and O–H groups in total. The van der Waals surface area contributed by atoms with Crippen molar-refractivity contribution in [3.8, 4) is 0 Å². The molecule has 0 bridgehead atoms. The van der Waals surface area contributed by atoms with E-state index in [9.17, 15) is 9.70 Å². The van der Waals surface area contributed by atoms with Gasteiger partial charge in [-0.15, -0.1) is 4.91 Å². The fraction of sp³-hybridized carbons (Fsp3) is 0.182. The van der Waals surface area contributed by atoms with Gasteiger partial charge >= 0.3 is 0 Å². The largest absolute Gasteiger partial charge is 0.339 e. The summed E-state index contributed by atoms with van der Waals surface area (Å²) in [7, 11) is 0. The van der Waals surface area contributed by atoms with Crippen molar-refractivity contribution in [1.82, 2.24) is 10.6 Å². The maximum absolute atomic E-state index is 11.5. The third kappa shape index (κ3) is 4.47. The van der Waals surface area contributed by atoms with Gasteiger partial charge in [-0.3, -0.25) is 10.1 Å². The van der Waals surface area contributed by atoms with Gasteiger partial charge in [0.1, 0.15) is 0 Å². The molecule has 1 aromatic rings. The minimum atomic E-state index is -0.134. The molecular formula is C11H13N3O2. The quantitative estimate of drug-likeness (QED) is 0.429. The number of nitroso groups, excluding NO2 is 1. The van der Waals surface area contributed by atoms with E-state index in [0.717, 1.165) is 6.20 Å². The summed E-state index contributed by atoms with van der Waals surface area (Å²) in [6.45, 7) is 0.831. The highest BCUT2D eigenvalue weighted by molar-refractivity contribution is 5.94. The van der Waals surface area contributed by atoms with E-state index in [1.807, 2.05) is 6.07 Å². The van der Waals surface area contributed by atoms with Crippen LogP contribution in [0.2, 0.25) is 0 Å². The molecule has 0 unspecified atom stereocenters. The lowest BCUT2D eigenvalue weighted by Crippen LogP contribution is -2.33. The van der Waals surface area contributed by atoms with E-state index >= 15 is 0 Å². The van der Waals surface area contributed by atoms with Crippen LogP contribution in [-0.4, -0.2) is 19.1 Å². The van der Waals surface area contributed by atoms with E-state index in [0.29, 0.717) is 18.8 Å². The van der Waals surface area contributed by atoms with Crippen LogP contribution in [0.15, 0.2) is 47.8 Å². The molecule has 0 saturated heterocycles. The van der Waals surface area contributed by atoms with Gasteiger partial charge in [0.25, 0.3) is 5.91 Å². The van der Waals surface area contributed by atoms with Crippen LogP contribution in [0.3, 0.4) is 0 Å². The molecule has 0 aliphatic carbocycles. The molecule has 0 aliphatic rings. The lowest BCUT2D eigenvalue weighted by Gasteiger charge is -2.04. The Labute approximate surface area is 93.5 Å². The van der Waals surface area contributed by atoms with Gasteiger partial charge in [-0.1, -0.05) is 18.2 Å². The van der Waals surface area contributed by atoms with Crippen molar-refractivity contribution in [1.29, 1.82) is 0 Å². The molecular weight excluding hydrogens is 206 g/mol. The van der Waals surface area contributed by atoms with Gasteiger partial charge in [-0.25, -0.2) is 0 Å². The third-order valence-corrected chi connectivity index (χ3v) is 1.84. The van der Waals surface area contributed by atoms with Crippen LogP contribution in [-0.2, 0) is 0 Å². The number of hydrogen-bond acceptors (Lipinski definition) is 4. The second-order valence-electron chi connectivity index (χ2n) is 2.99. The lowest BCUT2D eigenvalue weighted by atomic mass is 10.2. The van der Waals surface area contributed by atoms with Gasteiger partial charge in [0.2, 0.25) is 0 Å². The molecule has 5 nitrogen and oxygen atoms in total. The zero-order valence-electron chi connectivity index (χ0n) is 8.72. The molecule has 0 aromatic heterocycles. The third-order valence-electron chi connectivity index (χ3n) is 1.84. The predicted molar refractivity (Wildman–Crippen MR) is 61.7 cm³/mol. The highest BCUT2D eigenvalue weighted by atomic mass is 16.2. The Morgan fingerprint density at radius 3 is 2.75 bits per heavy atom. The summed E-state index contributed by atoms with van der Waals surface area (Å²) < 4.78 is 0. The first-order valence-electron chi connectivity index (χ1n) is 4.86. The number of benzene rings is 1. The molecule has 0 spiro atoms. The Morgan fingerprint density at radius 1 is 1.31 bits per heavy atom. The Hall–Kier alpha value is -2.01. The van der Waals surface area contributed by atoms with Crippen LogP contribution in [0.1, 0.15) is 10.4 Å². The first-order chi connectivity index (χ1) is 7.84. The molecule has 16 heavy (non-hydrogen) atoms. The number of hydrogen-bond donors (Lipinski definition) is 2. The van der Waals surface area contributed by atoms with Crippen LogP contribution >= 0.6 is 0 Å². The number of nitrogens with zero attached hydrogens (tertiary/aromatic N) is 1. The van der Waals surface area contributed by atoms with Crippen molar-refractivity contribution < 1.29 is 4.79 Å². The van der Waals surface area contributed by atoms with Gasteiger partial charge in [0.15, 0.2) is 0 Å². The molecule has 1 rings (SSSR count). The van der Waals surface area contributed by atoms with E-state index in [4.69, 9.17) is 0 Å². The second kappa shape index (κ2) is 7.30. The van der Waals surface area contributed by atoms with Crippen molar-refractivity contribution in [2.45, 2.75) is 0 Å². The van der Waals surface area contributed by atoms with Gasteiger partial charge < -0.3 is 5.32 Å². The van der Waals surface area contributed by atoms with E-state index < -0.39 is 0 Å². The Balaban J connectivity index is 2.21. The van der Waals surface area contributed by atoms with E-state index in [1.165, 1.54) is 0 Å². The number of carbonyl (C=O) groups excluding carboxylic acids is 1. The summed E-state index contributed by atoms with van der Waals surface area (Å²) in [5, 5.41) is 8.14. The van der Waals surface area contributed by atoms with Crippen molar-refractivity contribution in [2.75, 3.05) is 13.2 Å². The SMILES string of the molecule is O=NC=CCNCNC(=O)c1ccccc1. The van der Waals surface area contributed by atoms with E-state index in [2.05, 4.69) is 15.8 Å². The molecule has 0 atom stereocenters. The van der Waals surface area contributed by atoms with Crippen LogP contribution in [0, 0.1) is 4.91 Å². The van der Waals surface area contributed by atoms with Gasteiger partial charge in [0, 0.05) is 12.1 Å². The molecule has 0 saturated carbocycles. The van der Waals surface area contributed by atoms with E-state index in [-0.39, 0.29) is 5.91 Å². The van der Waals surface area contributed by atoms with Gasteiger partial charge in [0.05, 0.1) is 12.9 Å². The Kier molecular flexibility index (Phi) is 5.51. The van der Waals surface area contributed by atoms with Crippen LogP contribution in [0.25, 0.3) is 0 Å². The summed E-state index contributed by atoms with van der Waals surface area (Å²) in [6.07, 6.45) is 2.73. The average molecular weight is 219 g/mol.